The van der Waals surface area contributed by atoms with Crippen LogP contribution in [0.5, 0.6) is 5.75 Å². The Labute approximate surface area is 175 Å². The summed E-state index contributed by atoms with van der Waals surface area (Å²) in [5, 5.41) is 8.35. The van der Waals surface area contributed by atoms with Crippen LogP contribution in [0.2, 0.25) is 5.02 Å². The lowest BCUT2D eigenvalue weighted by Gasteiger charge is -2.17. The van der Waals surface area contributed by atoms with Gasteiger partial charge in [-0.25, -0.2) is 4.98 Å². The summed E-state index contributed by atoms with van der Waals surface area (Å²) >= 11 is 7.68. The predicted octanol–water partition coefficient (Wildman–Crippen LogP) is 3.90. The van der Waals surface area contributed by atoms with Crippen molar-refractivity contribution < 1.29 is 4.74 Å². The summed E-state index contributed by atoms with van der Waals surface area (Å²) in [7, 11) is 1.76. The Morgan fingerprint density at radius 3 is 2.84 bits per heavy atom. The number of aryl methyl sites for hydroxylation is 1. The van der Waals surface area contributed by atoms with E-state index in [2.05, 4.69) is 27.5 Å². The second kappa shape index (κ2) is 11.5. The highest BCUT2D eigenvalue weighted by Crippen LogP contribution is 2.18. The molecule has 1 heterocycles. The van der Waals surface area contributed by atoms with Gasteiger partial charge >= 0.3 is 0 Å². The van der Waals surface area contributed by atoms with Crippen molar-refractivity contribution in [2.75, 3.05) is 20.1 Å². The Morgan fingerprint density at radius 1 is 1.40 bits per heavy atom. The van der Waals surface area contributed by atoms with Gasteiger partial charge in [-0.1, -0.05) is 17.7 Å². The highest BCUT2D eigenvalue weighted by molar-refractivity contribution is 14.0. The van der Waals surface area contributed by atoms with Crippen LogP contribution in [-0.2, 0) is 6.42 Å². The van der Waals surface area contributed by atoms with Crippen LogP contribution >= 0.6 is 46.9 Å². The Morgan fingerprint density at radius 2 is 2.20 bits per heavy atom. The summed E-state index contributed by atoms with van der Waals surface area (Å²) in [5.74, 6) is 1.52. The molecule has 0 saturated carbocycles. The summed E-state index contributed by atoms with van der Waals surface area (Å²) in [6.07, 6.45) is 2.78. The van der Waals surface area contributed by atoms with Gasteiger partial charge in [0, 0.05) is 36.1 Å². The van der Waals surface area contributed by atoms with Crippen molar-refractivity contribution in [2.24, 2.45) is 4.99 Å². The van der Waals surface area contributed by atoms with Gasteiger partial charge < -0.3 is 15.4 Å². The summed E-state index contributed by atoms with van der Waals surface area (Å²) in [6, 6.07) is 7.40. The number of nitrogens with one attached hydrogen (secondary N) is 2. The molecule has 1 aromatic carbocycles. The zero-order valence-corrected chi connectivity index (χ0v) is 18.5. The third-order valence-corrected chi connectivity index (χ3v) is 4.42. The summed E-state index contributed by atoms with van der Waals surface area (Å²) in [6.45, 7) is 5.49. The second-order valence-corrected chi connectivity index (χ2v) is 7.14. The zero-order valence-electron chi connectivity index (χ0n) is 14.6. The van der Waals surface area contributed by atoms with E-state index >= 15 is 0 Å². The molecule has 8 heteroatoms. The summed E-state index contributed by atoms with van der Waals surface area (Å²) in [4.78, 5) is 9.81. The minimum absolute atomic E-state index is 0. The number of aromatic nitrogens is 1. The quantitative estimate of drug-likeness (QED) is 0.348. The minimum Gasteiger partial charge on any atom is -0.489 e. The van der Waals surface area contributed by atoms with Gasteiger partial charge in [-0.15, -0.1) is 35.3 Å². The molecule has 0 amide bonds. The van der Waals surface area contributed by atoms with Crippen LogP contribution in [-0.4, -0.2) is 37.2 Å². The van der Waals surface area contributed by atoms with Gasteiger partial charge in [0.05, 0.1) is 11.6 Å². The maximum atomic E-state index is 5.96. The van der Waals surface area contributed by atoms with Crippen molar-refractivity contribution in [3.8, 4) is 5.75 Å². The predicted molar refractivity (Wildman–Crippen MR) is 117 cm³/mol. The van der Waals surface area contributed by atoms with Crippen LogP contribution in [0, 0.1) is 6.92 Å². The highest BCUT2D eigenvalue weighted by Gasteiger charge is 2.06. The molecule has 0 spiro atoms. The molecule has 0 aliphatic carbocycles. The SMILES string of the molecule is CN=C(NCCc1ncc(C)s1)NCC(C)Oc1cccc(Cl)c1.I. The van der Waals surface area contributed by atoms with E-state index in [1.807, 2.05) is 31.3 Å². The number of hydrogen-bond donors (Lipinski definition) is 2. The molecule has 1 aromatic heterocycles. The molecule has 2 N–H and O–H groups in total. The van der Waals surface area contributed by atoms with Crippen molar-refractivity contribution in [1.29, 1.82) is 0 Å². The van der Waals surface area contributed by atoms with Crippen molar-refractivity contribution in [1.82, 2.24) is 15.6 Å². The van der Waals surface area contributed by atoms with Crippen LogP contribution in [0.15, 0.2) is 35.5 Å². The minimum atomic E-state index is -0.0105. The summed E-state index contributed by atoms with van der Waals surface area (Å²) < 4.78 is 5.83. The molecule has 1 unspecified atom stereocenters. The Kier molecular flexibility index (Phi) is 10.1. The van der Waals surface area contributed by atoms with Gasteiger partial charge in [-0.3, -0.25) is 4.99 Å². The number of halogens is 2. The lowest BCUT2D eigenvalue weighted by Crippen LogP contribution is -2.42. The van der Waals surface area contributed by atoms with Gasteiger partial charge in [-0.05, 0) is 32.0 Å². The van der Waals surface area contributed by atoms with Crippen LogP contribution in [0.3, 0.4) is 0 Å². The number of nitrogens with zero attached hydrogens (tertiary/aromatic N) is 2. The molecule has 2 aromatic rings. The van der Waals surface area contributed by atoms with Crippen LogP contribution in [0.25, 0.3) is 0 Å². The summed E-state index contributed by atoms with van der Waals surface area (Å²) in [5.41, 5.74) is 0. The first-order chi connectivity index (χ1) is 11.6. The van der Waals surface area contributed by atoms with Gasteiger partial charge in [0.25, 0.3) is 0 Å². The van der Waals surface area contributed by atoms with Gasteiger partial charge in [-0.2, -0.15) is 0 Å². The van der Waals surface area contributed by atoms with E-state index in [9.17, 15) is 0 Å². The molecule has 25 heavy (non-hydrogen) atoms. The fourth-order valence-corrected chi connectivity index (χ4v) is 3.05. The van der Waals surface area contributed by atoms with E-state index in [4.69, 9.17) is 16.3 Å². The first-order valence-electron chi connectivity index (χ1n) is 7.85. The van der Waals surface area contributed by atoms with E-state index in [1.54, 1.807) is 24.5 Å². The topological polar surface area (TPSA) is 58.5 Å². The van der Waals surface area contributed by atoms with E-state index in [1.165, 1.54) is 4.88 Å². The average Bonchev–Trinajstić information content (AvgIpc) is 2.96. The molecule has 0 bridgehead atoms. The number of rotatable bonds is 7. The Balaban J connectivity index is 0.00000312. The first-order valence-corrected chi connectivity index (χ1v) is 9.04. The molecule has 0 saturated heterocycles. The molecular formula is C17H24ClIN4OS. The molecule has 138 valence electrons. The average molecular weight is 495 g/mol. The van der Waals surface area contributed by atoms with E-state index < -0.39 is 0 Å². The molecule has 5 nitrogen and oxygen atoms in total. The Bertz CT molecular complexity index is 680. The van der Waals surface area contributed by atoms with E-state index in [-0.39, 0.29) is 30.1 Å². The maximum absolute atomic E-state index is 5.96. The number of guanidine groups is 1. The third-order valence-electron chi connectivity index (χ3n) is 3.21. The van der Waals surface area contributed by atoms with Gasteiger partial charge in [0.2, 0.25) is 0 Å². The molecule has 2 rings (SSSR count). The third kappa shape index (κ3) is 8.24. The molecular weight excluding hydrogens is 471 g/mol. The second-order valence-electron chi connectivity index (χ2n) is 5.38. The normalized spacial score (nSPS) is 12.2. The number of benzene rings is 1. The molecule has 1 atom stereocenters. The van der Waals surface area contributed by atoms with Crippen LogP contribution in [0.4, 0.5) is 0 Å². The number of thiazole rings is 1. The van der Waals surface area contributed by atoms with Gasteiger partial charge in [0.15, 0.2) is 5.96 Å². The molecule has 0 radical (unpaired) electrons. The van der Waals surface area contributed by atoms with E-state index in [0.717, 1.165) is 29.7 Å². The highest BCUT2D eigenvalue weighted by atomic mass is 127. The van der Waals surface area contributed by atoms with E-state index in [0.29, 0.717) is 11.6 Å². The maximum Gasteiger partial charge on any atom is 0.191 e. The Hall–Kier alpha value is -1.06. The van der Waals surface area contributed by atoms with Crippen LogP contribution in [0.1, 0.15) is 16.8 Å². The lowest BCUT2D eigenvalue weighted by atomic mass is 10.3. The van der Waals surface area contributed by atoms with Crippen molar-refractivity contribution >= 4 is 52.9 Å². The number of hydrogen-bond acceptors (Lipinski definition) is 4. The largest absolute Gasteiger partial charge is 0.489 e. The number of aliphatic imine (C=N–C) groups is 1. The van der Waals surface area contributed by atoms with Crippen molar-refractivity contribution in [3.05, 3.63) is 45.4 Å². The molecule has 0 aliphatic rings. The molecule has 0 fully saturated rings. The zero-order chi connectivity index (χ0) is 17.4. The lowest BCUT2D eigenvalue weighted by molar-refractivity contribution is 0.224. The van der Waals surface area contributed by atoms with Crippen molar-refractivity contribution in [3.63, 3.8) is 0 Å². The van der Waals surface area contributed by atoms with Crippen molar-refractivity contribution in [2.45, 2.75) is 26.4 Å². The fourth-order valence-electron chi connectivity index (χ4n) is 2.08. The standard InChI is InChI=1S/C17H23ClN4OS.HI/c1-12(23-15-6-4-5-14(18)9-15)10-22-17(19-3)20-8-7-16-21-11-13(2)24-16;/h4-6,9,11-12H,7-8,10H2,1-3H3,(H2,19,20,22);1H. The number of ether oxygens (including phenoxy) is 1. The van der Waals surface area contributed by atoms with Gasteiger partial charge in [0.1, 0.15) is 11.9 Å². The fraction of sp³-hybridized carbons (Fsp3) is 0.412. The molecule has 0 aliphatic heterocycles. The first kappa shape index (κ1) is 22.0. The van der Waals surface area contributed by atoms with Crippen LogP contribution < -0.4 is 15.4 Å². The monoisotopic (exact) mass is 494 g/mol. The smallest absolute Gasteiger partial charge is 0.191 e.